The summed E-state index contributed by atoms with van der Waals surface area (Å²) in [6, 6.07) is -0.441. The molecule has 2 aliphatic rings. The number of aromatic carboxylic acids is 1. The summed E-state index contributed by atoms with van der Waals surface area (Å²) in [5, 5.41) is 9.00. The number of piperazine rings is 1. The second-order valence-electron chi connectivity index (χ2n) is 7.19. The molecule has 0 radical (unpaired) electrons. The fourth-order valence-corrected chi connectivity index (χ4v) is 3.75. The van der Waals surface area contributed by atoms with E-state index in [1.54, 1.807) is 6.92 Å². The van der Waals surface area contributed by atoms with E-state index in [0.29, 0.717) is 31.5 Å². The molecule has 0 amide bonds. The predicted octanol–water partition coefficient (Wildman–Crippen LogP) is 1.13. The summed E-state index contributed by atoms with van der Waals surface area (Å²) in [6.45, 7) is 3.14. The van der Waals surface area contributed by atoms with Gasteiger partial charge < -0.3 is 14.9 Å². The number of Topliss-reactive ketones (excluding diaryl/α,β-unsaturated/α-hetero) is 1. The van der Waals surface area contributed by atoms with Gasteiger partial charge in [0.25, 0.3) is 0 Å². The van der Waals surface area contributed by atoms with Gasteiger partial charge in [-0.15, -0.1) is 0 Å². The SMILES string of the molecule is CC(=O)[C@H]1CN(c2ncc3c(n2)CCCC3)CCN1c1ncc(C(=O)O)cn1. The van der Waals surface area contributed by atoms with Crippen molar-refractivity contribution in [2.24, 2.45) is 0 Å². The van der Waals surface area contributed by atoms with E-state index < -0.39 is 12.0 Å². The Morgan fingerprint density at radius 3 is 2.46 bits per heavy atom. The molecule has 1 aliphatic heterocycles. The molecule has 9 heteroatoms. The number of carboxylic acids is 1. The lowest BCUT2D eigenvalue weighted by Gasteiger charge is -2.40. The number of carbonyl (C=O) groups is 2. The van der Waals surface area contributed by atoms with Crippen LogP contribution in [0.3, 0.4) is 0 Å². The molecule has 1 aliphatic carbocycles. The number of ketones is 1. The lowest BCUT2D eigenvalue weighted by Crippen LogP contribution is -2.57. The molecule has 0 aromatic carbocycles. The molecule has 1 saturated heterocycles. The number of nitrogens with zero attached hydrogens (tertiary/aromatic N) is 6. The van der Waals surface area contributed by atoms with Gasteiger partial charge in [0.2, 0.25) is 11.9 Å². The molecule has 2 aromatic rings. The highest BCUT2D eigenvalue weighted by molar-refractivity contribution is 5.87. The van der Waals surface area contributed by atoms with E-state index in [2.05, 4.69) is 15.0 Å². The Bertz CT molecular complexity index is 901. The number of aromatic nitrogens is 4. The van der Waals surface area contributed by atoms with Crippen molar-refractivity contribution in [2.75, 3.05) is 29.4 Å². The van der Waals surface area contributed by atoms with Gasteiger partial charge in [0, 0.05) is 43.9 Å². The number of carboxylic acid groups (broad SMARTS) is 1. The molecule has 0 saturated carbocycles. The number of aryl methyl sites for hydroxylation is 2. The van der Waals surface area contributed by atoms with Crippen LogP contribution in [0.4, 0.5) is 11.9 Å². The number of hydrogen-bond donors (Lipinski definition) is 1. The molecular formula is C19H22N6O3. The Morgan fingerprint density at radius 2 is 1.75 bits per heavy atom. The van der Waals surface area contributed by atoms with E-state index in [0.717, 1.165) is 25.0 Å². The predicted molar refractivity (Wildman–Crippen MR) is 102 cm³/mol. The summed E-state index contributed by atoms with van der Waals surface area (Å²) in [6.07, 6.45) is 8.79. The summed E-state index contributed by atoms with van der Waals surface area (Å²) in [5.41, 5.74) is 2.36. The zero-order chi connectivity index (χ0) is 19.7. The maximum atomic E-state index is 12.3. The molecule has 9 nitrogen and oxygen atoms in total. The van der Waals surface area contributed by atoms with E-state index in [1.807, 2.05) is 16.0 Å². The minimum atomic E-state index is -1.08. The normalized spacial score (nSPS) is 19.2. The van der Waals surface area contributed by atoms with Gasteiger partial charge in [0.1, 0.15) is 6.04 Å². The quantitative estimate of drug-likeness (QED) is 0.831. The van der Waals surface area contributed by atoms with Crippen molar-refractivity contribution < 1.29 is 14.7 Å². The van der Waals surface area contributed by atoms with Crippen LogP contribution in [0.5, 0.6) is 0 Å². The Labute approximate surface area is 162 Å². The monoisotopic (exact) mass is 382 g/mol. The summed E-state index contributed by atoms with van der Waals surface area (Å²) < 4.78 is 0. The van der Waals surface area contributed by atoms with Gasteiger partial charge in [-0.25, -0.2) is 24.7 Å². The molecule has 2 aromatic heterocycles. The molecule has 1 atom stereocenters. The average Bonchev–Trinajstić information content (AvgIpc) is 2.73. The largest absolute Gasteiger partial charge is 0.478 e. The molecule has 3 heterocycles. The minimum absolute atomic E-state index is 0.00595. The maximum Gasteiger partial charge on any atom is 0.338 e. The minimum Gasteiger partial charge on any atom is -0.478 e. The van der Waals surface area contributed by atoms with Gasteiger partial charge in [0.05, 0.1) is 5.56 Å². The van der Waals surface area contributed by atoms with Gasteiger partial charge in [-0.2, -0.15) is 0 Å². The maximum absolute atomic E-state index is 12.3. The number of rotatable bonds is 4. The van der Waals surface area contributed by atoms with E-state index in [4.69, 9.17) is 10.1 Å². The highest BCUT2D eigenvalue weighted by Crippen LogP contribution is 2.24. The van der Waals surface area contributed by atoms with Gasteiger partial charge in [0.15, 0.2) is 5.78 Å². The van der Waals surface area contributed by atoms with Crippen LogP contribution in [0.15, 0.2) is 18.6 Å². The van der Waals surface area contributed by atoms with Gasteiger partial charge in [-0.05, 0) is 38.2 Å². The Balaban J connectivity index is 1.55. The molecule has 0 spiro atoms. The number of hydrogen-bond acceptors (Lipinski definition) is 8. The number of anilines is 2. The van der Waals surface area contributed by atoms with Crippen LogP contribution in [-0.2, 0) is 17.6 Å². The van der Waals surface area contributed by atoms with Crippen LogP contribution < -0.4 is 9.80 Å². The zero-order valence-electron chi connectivity index (χ0n) is 15.7. The Hall–Kier alpha value is -3.10. The molecule has 1 N–H and O–H groups in total. The zero-order valence-corrected chi connectivity index (χ0v) is 15.7. The van der Waals surface area contributed by atoms with Crippen LogP contribution in [0.2, 0.25) is 0 Å². The smallest absolute Gasteiger partial charge is 0.338 e. The van der Waals surface area contributed by atoms with Crippen molar-refractivity contribution in [1.29, 1.82) is 0 Å². The molecule has 4 rings (SSSR count). The van der Waals surface area contributed by atoms with Crippen molar-refractivity contribution in [2.45, 2.75) is 38.6 Å². The fraction of sp³-hybridized carbons (Fsp3) is 0.474. The Kier molecular flexibility index (Phi) is 4.89. The summed E-state index contributed by atoms with van der Waals surface area (Å²) in [7, 11) is 0. The molecular weight excluding hydrogens is 360 g/mol. The average molecular weight is 382 g/mol. The second-order valence-corrected chi connectivity index (χ2v) is 7.19. The van der Waals surface area contributed by atoms with Crippen molar-refractivity contribution in [3.8, 4) is 0 Å². The first-order valence-corrected chi connectivity index (χ1v) is 9.45. The van der Waals surface area contributed by atoms with Crippen molar-refractivity contribution in [3.63, 3.8) is 0 Å². The topological polar surface area (TPSA) is 112 Å². The molecule has 1 fully saturated rings. The number of carbonyl (C=O) groups excluding carboxylic acids is 1. The standard InChI is InChI=1S/C19H22N6O3/c1-12(26)16-11-24(19-22-8-13-4-2-3-5-15(13)23-19)6-7-25(16)18-20-9-14(10-21-18)17(27)28/h8-10,16H,2-7,11H2,1H3,(H,27,28)/t16-/m1/s1. The highest BCUT2D eigenvalue weighted by atomic mass is 16.4. The van der Waals surface area contributed by atoms with Crippen LogP contribution >= 0.6 is 0 Å². The first-order chi connectivity index (χ1) is 13.5. The molecule has 146 valence electrons. The van der Waals surface area contributed by atoms with Crippen molar-refractivity contribution in [1.82, 2.24) is 19.9 Å². The summed E-state index contributed by atoms with van der Waals surface area (Å²) >= 11 is 0. The van der Waals surface area contributed by atoms with E-state index in [1.165, 1.54) is 24.4 Å². The summed E-state index contributed by atoms with van der Waals surface area (Å²) in [5.74, 6) is -0.0671. The molecule has 28 heavy (non-hydrogen) atoms. The van der Waals surface area contributed by atoms with Gasteiger partial charge >= 0.3 is 5.97 Å². The first kappa shape index (κ1) is 18.3. The van der Waals surface area contributed by atoms with Gasteiger partial charge in [-0.1, -0.05) is 0 Å². The van der Waals surface area contributed by atoms with Crippen LogP contribution in [0.25, 0.3) is 0 Å². The Morgan fingerprint density at radius 1 is 1.04 bits per heavy atom. The van der Waals surface area contributed by atoms with E-state index in [-0.39, 0.29) is 11.3 Å². The summed E-state index contributed by atoms with van der Waals surface area (Å²) in [4.78, 5) is 44.7. The van der Waals surface area contributed by atoms with E-state index >= 15 is 0 Å². The highest BCUT2D eigenvalue weighted by Gasteiger charge is 2.33. The number of fused-ring (bicyclic) bond motifs is 1. The van der Waals surface area contributed by atoms with Gasteiger partial charge in [-0.3, -0.25) is 4.79 Å². The fourth-order valence-electron chi connectivity index (χ4n) is 3.75. The second kappa shape index (κ2) is 7.49. The van der Waals surface area contributed by atoms with Crippen molar-refractivity contribution >= 4 is 23.6 Å². The third-order valence-electron chi connectivity index (χ3n) is 5.33. The lowest BCUT2D eigenvalue weighted by atomic mass is 9.98. The third kappa shape index (κ3) is 3.51. The molecule has 0 bridgehead atoms. The third-order valence-corrected chi connectivity index (χ3v) is 5.33. The van der Waals surface area contributed by atoms with Crippen LogP contribution in [-0.4, -0.2) is 62.5 Å². The first-order valence-electron chi connectivity index (χ1n) is 9.45. The lowest BCUT2D eigenvalue weighted by molar-refractivity contribution is -0.118. The van der Waals surface area contributed by atoms with Crippen molar-refractivity contribution in [3.05, 3.63) is 35.4 Å². The molecule has 0 unspecified atom stereocenters. The van der Waals surface area contributed by atoms with Crippen LogP contribution in [0, 0.1) is 0 Å². The van der Waals surface area contributed by atoms with E-state index in [9.17, 15) is 9.59 Å². The van der Waals surface area contributed by atoms with Crippen LogP contribution in [0.1, 0.15) is 41.4 Å².